The maximum atomic E-state index is 11.8. The zero-order chi connectivity index (χ0) is 13.0. The molecule has 0 saturated heterocycles. The third-order valence-electron chi connectivity index (χ3n) is 3.43. The van der Waals surface area contributed by atoms with Gasteiger partial charge in [0.25, 0.3) is 0 Å². The van der Waals surface area contributed by atoms with Crippen LogP contribution in [-0.4, -0.2) is 29.1 Å². The molecule has 0 radical (unpaired) electrons. The second-order valence-electron chi connectivity index (χ2n) is 5.11. The Kier molecular flexibility index (Phi) is 4.93. The van der Waals surface area contributed by atoms with Gasteiger partial charge in [-0.3, -0.25) is 9.59 Å². The Morgan fingerprint density at radius 1 is 1.29 bits per heavy atom. The molecule has 4 N–H and O–H groups in total. The average Bonchev–Trinajstić information content (AvgIpc) is 2.28. The number of aliphatic carboxylic acids is 1. The van der Waals surface area contributed by atoms with Crippen molar-refractivity contribution in [3.63, 3.8) is 0 Å². The molecule has 0 aromatic heterocycles. The van der Waals surface area contributed by atoms with Crippen molar-refractivity contribution in [2.75, 3.05) is 0 Å². The van der Waals surface area contributed by atoms with Crippen LogP contribution >= 0.6 is 0 Å². The molecule has 1 saturated carbocycles. The predicted molar refractivity (Wildman–Crippen MR) is 64.3 cm³/mol. The van der Waals surface area contributed by atoms with E-state index in [1.54, 1.807) is 0 Å². The number of amides is 1. The van der Waals surface area contributed by atoms with Crippen LogP contribution in [0, 0.1) is 11.8 Å². The Hall–Kier alpha value is -1.10. The number of rotatable bonds is 4. The van der Waals surface area contributed by atoms with Crippen LogP contribution in [0.2, 0.25) is 0 Å². The van der Waals surface area contributed by atoms with Crippen molar-refractivity contribution in [2.24, 2.45) is 17.6 Å². The fourth-order valence-electron chi connectivity index (χ4n) is 2.18. The Morgan fingerprint density at radius 2 is 1.88 bits per heavy atom. The number of nitrogens with two attached hydrogens (primary N) is 1. The number of carbonyl (C=O) groups is 2. The Balaban J connectivity index is 2.59. The summed E-state index contributed by atoms with van der Waals surface area (Å²) in [6.07, 6.45) is 3.25. The predicted octanol–water partition coefficient (Wildman–Crippen LogP) is 0.729. The van der Waals surface area contributed by atoms with Crippen LogP contribution in [0.3, 0.4) is 0 Å². The van der Waals surface area contributed by atoms with Crippen LogP contribution in [-0.2, 0) is 9.59 Å². The molecule has 1 aliphatic rings. The van der Waals surface area contributed by atoms with Crippen LogP contribution in [0.15, 0.2) is 0 Å². The van der Waals surface area contributed by atoms with Crippen LogP contribution in [0.1, 0.15) is 39.5 Å². The van der Waals surface area contributed by atoms with Gasteiger partial charge in [0.15, 0.2) is 0 Å². The molecule has 1 aliphatic carbocycles. The zero-order valence-corrected chi connectivity index (χ0v) is 10.5. The molecule has 17 heavy (non-hydrogen) atoms. The molecule has 1 fully saturated rings. The smallest absolute Gasteiger partial charge is 0.308 e. The lowest BCUT2D eigenvalue weighted by Crippen LogP contribution is -2.52. The second-order valence-corrected chi connectivity index (χ2v) is 5.11. The molecular formula is C12H22N2O3. The molecule has 98 valence electrons. The van der Waals surface area contributed by atoms with Crippen molar-refractivity contribution >= 4 is 11.9 Å². The first-order chi connectivity index (χ1) is 7.93. The van der Waals surface area contributed by atoms with Gasteiger partial charge in [0.1, 0.15) is 0 Å². The van der Waals surface area contributed by atoms with Crippen molar-refractivity contribution in [3.05, 3.63) is 0 Å². The van der Waals surface area contributed by atoms with Gasteiger partial charge in [0, 0.05) is 6.04 Å². The van der Waals surface area contributed by atoms with E-state index in [-0.39, 0.29) is 17.9 Å². The van der Waals surface area contributed by atoms with Gasteiger partial charge in [-0.05, 0) is 18.8 Å². The van der Waals surface area contributed by atoms with E-state index in [2.05, 4.69) is 5.32 Å². The molecule has 1 amide bonds. The molecule has 5 heteroatoms. The molecule has 5 nitrogen and oxygen atoms in total. The topological polar surface area (TPSA) is 92.4 Å². The van der Waals surface area contributed by atoms with Gasteiger partial charge in [0.05, 0.1) is 12.0 Å². The van der Waals surface area contributed by atoms with E-state index in [1.807, 2.05) is 13.8 Å². The number of carboxylic acid groups (broad SMARTS) is 1. The summed E-state index contributed by atoms with van der Waals surface area (Å²) >= 11 is 0. The highest BCUT2D eigenvalue weighted by Crippen LogP contribution is 2.24. The molecule has 0 bridgehead atoms. The summed E-state index contributed by atoms with van der Waals surface area (Å²) in [5.74, 6) is -1.47. The van der Waals surface area contributed by atoms with E-state index in [0.717, 1.165) is 19.3 Å². The van der Waals surface area contributed by atoms with Gasteiger partial charge < -0.3 is 16.2 Å². The van der Waals surface area contributed by atoms with E-state index >= 15 is 0 Å². The minimum Gasteiger partial charge on any atom is -0.481 e. The summed E-state index contributed by atoms with van der Waals surface area (Å²) in [4.78, 5) is 22.9. The number of nitrogens with one attached hydrogen (secondary N) is 1. The molecule has 0 spiro atoms. The highest BCUT2D eigenvalue weighted by Gasteiger charge is 2.33. The van der Waals surface area contributed by atoms with Gasteiger partial charge in [0.2, 0.25) is 5.91 Å². The van der Waals surface area contributed by atoms with Crippen LogP contribution in [0.25, 0.3) is 0 Å². The maximum Gasteiger partial charge on any atom is 0.308 e. The summed E-state index contributed by atoms with van der Waals surface area (Å²) in [6.45, 7) is 3.75. The van der Waals surface area contributed by atoms with E-state index < -0.39 is 17.9 Å². The lowest BCUT2D eigenvalue weighted by molar-refractivity contribution is -0.144. The molecule has 3 unspecified atom stereocenters. The lowest BCUT2D eigenvalue weighted by Gasteiger charge is -2.30. The van der Waals surface area contributed by atoms with Crippen LogP contribution in [0.4, 0.5) is 0 Å². The summed E-state index contributed by atoms with van der Waals surface area (Å²) in [6, 6.07) is -0.829. The highest BCUT2D eigenvalue weighted by atomic mass is 16.4. The molecule has 0 heterocycles. The van der Waals surface area contributed by atoms with Crippen molar-refractivity contribution in [1.82, 2.24) is 5.32 Å². The molecule has 0 aliphatic heterocycles. The minimum atomic E-state index is -0.826. The van der Waals surface area contributed by atoms with Crippen LogP contribution < -0.4 is 11.1 Å². The first-order valence-corrected chi connectivity index (χ1v) is 6.22. The van der Waals surface area contributed by atoms with Gasteiger partial charge in [-0.1, -0.05) is 26.7 Å². The zero-order valence-electron chi connectivity index (χ0n) is 10.5. The Labute approximate surface area is 102 Å². The first-order valence-electron chi connectivity index (χ1n) is 6.22. The van der Waals surface area contributed by atoms with E-state index in [1.165, 1.54) is 0 Å². The molecule has 3 atom stereocenters. The maximum absolute atomic E-state index is 11.8. The minimum absolute atomic E-state index is 0.0573. The Bertz CT molecular complexity index is 291. The number of hydrogen-bond donors (Lipinski definition) is 3. The SMILES string of the molecule is CC(C)C(N)C(=O)NC1CCCCC1C(=O)O. The van der Waals surface area contributed by atoms with E-state index in [9.17, 15) is 9.59 Å². The molecular weight excluding hydrogens is 220 g/mol. The third-order valence-corrected chi connectivity index (χ3v) is 3.43. The van der Waals surface area contributed by atoms with E-state index in [0.29, 0.717) is 6.42 Å². The van der Waals surface area contributed by atoms with Crippen molar-refractivity contribution < 1.29 is 14.7 Å². The normalized spacial score (nSPS) is 26.6. The van der Waals surface area contributed by atoms with Crippen LogP contribution in [0.5, 0.6) is 0 Å². The largest absolute Gasteiger partial charge is 0.481 e. The fourth-order valence-corrected chi connectivity index (χ4v) is 2.18. The van der Waals surface area contributed by atoms with Crippen molar-refractivity contribution in [2.45, 2.75) is 51.6 Å². The standard InChI is InChI=1S/C12H22N2O3/c1-7(2)10(13)11(15)14-9-6-4-3-5-8(9)12(16)17/h7-10H,3-6,13H2,1-2H3,(H,14,15)(H,16,17). The average molecular weight is 242 g/mol. The second kappa shape index (κ2) is 6.00. The molecule has 0 aromatic carbocycles. The lowest BCUT2D eigenvalue weighted by atomic mass is 9.84. The molecule has 0 aromatic rings. The monoisotopic (exact) mass is 242 g/mol. The molecule has 1 rings (SSSR count). The number of hydrogen-bond acceptors (Lipinski definition) is 3. The summed E-state index contributed by atoms with van der Waals surface area (Å²) in [7, 11) is 0. The van der Waals surface area contributed by atoms with Gasteiger partial charge >= 0.3 is 5.97 Å². The Morgan fingerprint density at radius 3 is 2.41 bits per heavy atom. The highest BCUT2D eigenvalue weighted by molar-refractivity contribution is 5.83. The fraction of sp³-hybridized carbons (Fsp3) is 0.833. The van der Waals surface area contributed by atoms with Gasteiger partial charge in [-0.15, -0.1) is 0 Å². The third kappa shape index (κ3) is 3.70. The summed E-state index contributed by atoms with van der Waals surface area (Å²) in [5.41, 5.74) is 5.74. The quantitative estimate of drug-likeness (QED) is 0.677. The van der Waals surface area contributed by atoms with Gasteiger partial charge in [-0.25, -0.2) is 0 Å². The number of carbonyl (C=O) groups excluding carboxylic acids is 1. The van der Waals surface area contributed by atoms with E-state index in [4.69, 9.17) is 10.8 Å². The number of carboxylic acids is 1. The summed E-state index contributed by atoms with van der Waals surface area (Å²) in [5, 5.41) is 11.9. The van der Waals surface area contributed by atoms with Crippen molar-refractivity contribution in [1.29, 1.82) is 0 Å². The van der Waals surface area contributed by atoms with Gasteiger partial charge in [-0.2, -0.15) is 0 Å². The summed E-state index contributed by atoms with van der Waals surface area (Å²) < 4.78 is 0. The first kappa shape index (κ1) is 14.0. The van der Waals surface area contributed by atoms with Crippen molar-refractivity contribution in [3.8, 4) is 0 Å².